The maximum atomic E-state index is 13.2. The molecule has 35 heavy (non-hydrogen) atoms. The number of aliphatic hydroxyl groups is 1. The number of hydrogen-bond donors (Lipinski definition) is 2. The Morgan fingerprint density at radius 1 is 0.971 bits per heavy atom. The summed E-state index contributed by atoms with van der Waals surface area (Å²) >= 11 is 0. The molecule has 1 amide bonds. The number of fused-ring (bicyclic) bond motifs is 1. The Morgan fingerprint density at radius 3 is 2.09 bits per heavy atom. The van der Waals surface area contributed by atoms with Gasteiger partial charge >= 0.3 is 18.7 Å². The minimum Gasteiger partial charge on any atom is -0.406 e. The number of pyridine rings is 1. The van der Waals surface area contributed by atoms with Crippen molar-refractivity contribution in [2.75, 3.05) is 5.32 Å². The highest BCUT2D eigenvalue weighted by atomic mass is 19.4. The van der Waals surface area contributed by atoms with Crippen molar-refractivity contribution in [3.05, 3.63) is 42.1 Å². The summed E-state index contributed by atoms with van der Waals surface area (Å²) in [5.41, 5.74) is -5.71. The van der Waals surface area contributed by atoms with Gasteiger partial charge in [-0.2, -0.15) is 26.3 Å². The average molecular weight is 516 g/mol. The quantitative estimate of drug-likeness (QED) is 0.467. The fraction of sp³-hybridized carbons (Fsp3) is 0.316. The highest BCUT2D eigenvalue weighted by molar-refractivity contribution is 5.92. The van der Waals surface area contributed by atoms with E-state index in [4.69, 9.17) is 0 Å². The van der Waals surface area contributed by atoms with Crippen LogP contribution in [0.25, 0.3) is 16.9 Å². The van der Waals surface area contributed by atoms with E-state index in [1.54, 1.807) is 0 Å². The number of aromatic nitrogens is 3. The van der Waals surface area contributed by atoms with Crippen LogP contribution in [0, 0.1) is 0 Å². The Kier molecular flexibility index (Phi) is 6.39. The number of carbonyl (C=O) groups is 1. The van der Waals surface area contributed by atoms with Crippen LogP contribution >= 0.6 is 0 Å². The molecule has 1 aromatic carbocycles. The molecule has 3 aromatic rings. The zero-order valence-corrected chi connectivity index (χ0v) is 17.2. The molecule has 2 N–H and O–H groups in total. The first-order chi connectivity index (χ1) is 15.9. The Bertz CT molecular complexity index is 1230. The predicted molar refractivity (Wildman–Crippen MR) is 100 cm³/mol. The minimum absolute atomic E-state index is 0.160. The van der Waals surface area contributed by atoms with Gasteiger partial charge in [-0.25, -0.2) is 9.97 Å². The maximum Gasteiger partial charge on any atom is 0.573 e. The van der Waals surface area contributed by atoms with E-state index in [1.165, 1.54) is 0 Å². The summed E-state index contributed by atoms with van der Waals surface area (Å²) in [4.78, 5) is 19.5. The summed E-state index contributed by atoms with van der Waals surface area (Å²) in [6.07, 6.45) is -16.6. The van der Waals surface area contributed by atoms with E-state index in [-0.39, 0.29) is 11.2 Å². The van der Waals surface area contributed by atoms with E-state index < -0.39 is 59.7 Å². The van der Waals surface area contributed by atoms with E-state index in [0.717, 1.165) is 34.9 Å². The smallest absolute Gasteiger partial charge is 0.406 e. The molecular weight excluding hydrogens is 503 g/mol. The Labute approximate surface area is 189 Å². The molecule has 0 saturated heterocycles. The molecular formula is C19H13F9N4O3. The highest BCUT2D eigenvalue weighted by Gasteiger charge is 2.51. The summed E-state index contributed by atoms with van der Waals surface area (Å²) in [5, 5.41) is 11.5. The summed E-state index contributed by atoms with van der Waals surface area (Å²) < 4.78 is 120. The largest absolute Gasteiger partial charge is 0.573 e. The second-order valence-electron chi connectivity index (χ2n) is 7.35. The molecule has 1 atom stereocenters. The van der Waals surface area contributed by atoms with Gasteiger partial charge in [-0.1, -0.05) is 0 Å². The van der Waals surface area contributed by atoms with Gasteiger partial charge in [-0.05, 0) is 43.3 Å². The number of carbonyl (C=O) groups excluding carboxylic acids is 1. The van der Waals surface area contributed by atoms with Crippen molar-refractivity contribution >= 4 is 23.0 Å². The molecule has 0 aliphatic rings. The third kappa shape index (κ3) is 5.93. The number of nitrogens with one attached hydrogen (secondary N) is 1. The molecule has 0 aliphatic carbocycles. The summed E-state index contributed by atoms with van der Waals surface area (Å²) in [6.45, 7) is 0.339. The number of ether oxygens (including phenoxy) is 1. The number of anilines is 1. The number of benzene rings is 1. The van der Waals surface area contributed by atoms with Crippen molar-refractivity contribution in [1.82, 2.24) is 14.5 Å². The van der Waals surface area contributed by atoms with Crippen LogP contribution in [0.4, 0.5) is 45.5 Å². The second-order valence-corrected chi connectivity index (χ2v) is 7.35. The summed E-state index contributed by atoms with van der Waals surface area (Å²) in [7, 11) is 0. The van der Waals surface area contributed by atoms with Crippen molar-refractivity contribution in [1.29, 1.82) is 0 Å². The Morgan fingerprint density at radius 2 is 1.57 bits per heavy atom. The lowest BCUT2D eigenvalue weighted by molar-refractivity contribution is -0.274. The molecule has 0 radical (unpaired) electrons. The van der Waals surface area contributed by atoms with Crippen molar-refractivity contribution in [3.63, 3.8) is 0 Å². The van der Waals surface area contributed by atoms with Gasteiger partial charge < -0.3 is 9.84 Å². The SMILES string of the molecule is CC(O)(CC(=O)Nc1nc2ccc(C(F)(F)F)nc2n1-c1ccc(OC(F)(F)F)cc1)C(F)(F)F. The molecule has 0 fully saturated rings. The van der Waals surface area contributed by atoms with Gasteiger partial charge in [0.05, 0.1) is 12.1 Å². The molecule has 0 saturated carbocycles. The molecule has 1 unspecified atom stereocenters. The number of halogens is 9. The second kappa shape index (κ2) is 8.58. The molecule has 0 spiro atoms. The molecule has 190 valence electrons. The monoisotopic (exact) mass is 516 g/mol. The normalized spacial score (nSPS) is 14.6. The van der Waals surface area contributed by atoms with E-state index >= 15 is 0 Å². The molecule has 2 heterocycles. The first-order valence-corrected chi connectivity index (χ1v) is 9.29. The number of amides is 1. The van der Waals surface area contributed by atoms with Gasteiger partial charge in [0.25, 0.3) is 0 Å². The molecule has 2 aromatic heterocycles. The van der Waals surface area contributed by atoms with Crippen LogP contribution in [0.15, 0.2) is 36.4 Å². The summed E-state index contributed by atoms with van der Waals surface area (Å²) in [5.74, 6) is -2.68. The van der Waals surface area contributed by atoms with Crippen LogP contribution in [-0.2, 0) is 11.0 Å². The Balaban J connectivity index is 2.08. The predicted octanol–water partition coefficient (Wildman–Crippen LogP) is 4.98. The van der Waals surface area contributed by atoms with E-state index in [1.807, 2.05) is 5.32 Å². The van der Waals surface area contributed by atoms with Gasteiger partial charge in [0, 0.05) is 0 Å². The van der Waals surface area contributed by atoms with Gasteiger partial charge in [-0.3, -0.25) is 14.7 Å². The van der Waals surface area contributed by atoms with E-state index in [9.17, 15) is 49.4 Å². The van der Waals surface area contributed by atoms with Crippen LogP contribution < -0.4 is 10.1 Å². The van der Waals surface area contributed by atoms with Gasteiger partial charge in [0.2, 0.25) is 11.9 Å². The van der Waals surface area contributed by atoms with Crippen molar-refractivity contribution < 1.29 is 54.2 Å². The molecule has 0 aliphatic heterocycles. The van der Waals surface area contributed by atoms with E-state index in [2.05, 4.69) is 14.7 Å². The number of nitrogens with zero attached hydrogens (tertiary/aromatic N) is 3. The lowest BCUT2D eigenvalue weighted by Crippen LogP contribution is -2.45. The number of rotatable bonds is 5. The maximum absolute atomic E-state index is 13.2. The topological polar surface area (TPSA) is 89.3 Å². The zero-order chi connectivity index (χ0) is 26.4. The molecule has 3 rings (SSSR count). The van der Waals surface area contributed by atoms with E-state index in [0.29, 0.717) is 13.0 Å². The number of imidazole rings is 1. The van der Waals surface area contributed by atoms with Gasteiger partial charge in [0.1, 0.15) is 17.0 Å². The standard InChI is InChI=1S/C19H13F9N4O3/c1-16(34,18(23,24)25)8-13(33)31-15-29-11-6-7-12(17(20,21)22)30-14(11)32(15)9-2-4-10(5-3-9)35-19(26,27)28/h2-7,34H,8H2,1H3,(H,29,31,33). The number of alkyl halides is 9. The fourth-order valence-electron chi connectivity index (χ4n) is 2.82. The van der Waals surface area contributed by atoms with Gasteiger partial charge in [0.15, 0.2) is 11.2 Å². The van der Waals surface area contributed by atoms with Crippen molar-refractivity contribution in [2.45, 2.75) is 37.7 Å². The van der Waals surface area contributed by atoms with Crippen molar-refractivity contribution in [2.24, 2.45) is 0 Å². The lowest BCUT2D eigenvalue weighted by Gasteiger charge is -2.25. The first-order valence-electron chi connectivity index (χ1n) is 9.29. The molecule has 7 nitrogen and oxygen atoms in total. The summed E-state index contributed by atoms with van der Waals surface area (Å²) in [6, 6.07) is 4.99. The van der Waals surface area contributed by atoms with Crippen LogP contribution in [-0.4, -0.2) is 43.7 Å². The Hall–Kier alpha value is -3.56. The minimum atomic E-state index is -5.18. The zero-order valence-electron chi connectivity index (χ0n) is 17.2. The van der Waals surface area contributed by atoms with Crippen LogP contribution in [0.2, 0.25) is 0 Å². The van der Waals surface area contributed by atoms with Crippen LogP contribution in [0.3, 0.4) is 0 Å². The van der Waals surface area contributed by atoms with Crippen LogP contribution in [0.5, 0.6) is 5.75 Å². The van der Waals surface area contributed by atoms with Crippen molar-refractivity contribution in [3.8, 4) is 11.4 Å². The lowest BCUT2D eigenvalue weighted by atomic mass is 10.0. The average Bonchev–Trinajstić information content (AvgIpc) is 3.02. The fourth-order valence-corrected chi connectivity index (χ4v) is 2.82. The third-order valence-electron chi connectivity index (χ3n) is 4.49. The van der Waals surface area contributed by atoms with Gasteiger partial charge in [-0.15, -0.1) is 13.2 Å². The number of hydrogen-bond acceptors (Lipinski definition) is 5. The van der Waals surface area contributed by atoms with Crippen LogP contribution in [0.1, 0.15) is 19.0 Å². The first kappa shape index (κ1) is 26.1. The third-order valence-corrected chi connectivity index (χ3v) is 4.49. The molecule has 16 heteroatoms. The highest BCUT2D eigenvalue weighted by Crippen LogP contribution is 2.34. The molecule has 0 bridgehead atoms.